The number of nitrogens with one attached hydrogen (secondary N) is 2. The van der Waals surface area contributed by atoms with Crippen LogP contribution in [0.2, 0.25) is 0 Å². The van der Waals surface area contributed by atoms with Crippen molar-refractivity contribution in [2.45, 2.75) is 123 Å². The van der Waals surface area contributed by atoms with Gasteiger partial charge in [0, 0.05) is 34.2 Å². The third kappa shape index (κ3) is 12.2. The third-order valence-electron chi connectivity index (χ3n) is 10.8. The van der Waals surface area contributed by atoms with Gasteiger partial charge >= 0.3 is 5.97 Å². The standard InChI is InChI=1S/C40H67N5O8/c1-13-26(6)35(44(10)39(49)33(24(2)3)42-38(48)34(25(4)5)43(8)9)31(52-11)23-32(46)45-21-17-20-30(45)36(53-12)27(7)37(47)41-29(40(50)51)22-28-18-15-14-16-19-28/h14-16,18-19,24-27,29-31,33-36H,13,17,20-23H2,1-12H3,(H,41,47)(H,42,48)(H,50,51)/t26-,27+,29-,30-,31+,33?,34-,35?,36+/m0/s1. The van der Waals surface area contributed by atoms with Crippen LogP contribution in [0.15, 0.2) is 30.3 Å². The van der Waals surface area contributed by atoms with E-state index in [1.54, 1.807) is 23.8 Å². The predicted octanol–water partition coefficient (Wildman–Crippen LogP) is 3.45. The topological polar surface area (TPSA) is 158 Å². The van der Waals surface area contributed by atoms with Gasteiger partial charge in [0.1, 0.15) is 12.1 Å². The maximum atomic E-state index is 14.2. The average Bonchev–Trinajstić information content (AvgIpc) is 3.59. The first-order valence-electron chi connectivity index (χ1n) is 19.1. The molecule has 13 nitrogen and oxygen atoms in total. The highest BCUT2D eigenvalue weighted by Crippen LogP contribution is 2.30. The quantitative estimate of drug-likeness (QED) is 0.172. The lowest BCUT2D eigenvalue weighted by Crippen LogP contribution is -2.59. The van der Waals surface area contributed by atoms with Crippen LogP contribution in [0.3, 0.4) is 0 Å². The van der Waals surface area contributed by atoms with Crippen molar-refractivity contribution in [1.82, 2.24) is 25.3 Å². The van der Waals surface area contributed by atoms with Crippen LogP contribution in [0.1, 0.15) is 79.7 Å². The normalized spacial score (nSPS) is 19.2. The van der Waals surface area contributed by atoms with Crippen LogP contribution in [-0.2, 0) is 39.9 Å². The summed E-state index contributed by atoms with van der Waals surface area (Å²) in [7, 11) is 8.44. The van der Waals surface area contributed by atoms with Gasteiger partial charge in [0.2, 0.25) is 23.6 Å². The van der Waals surface area contributed by atoms with Gasteiger partial charge in [-0.05, 0) is 50.3 Å². The number of carbonyl (C=O) groups is 5. The molecule has 1 aliphatic heterocycles. The van der Waals surface area contributed by atoms with E-state index >= 15 is 0 Å². The molecule has 2 rings (SSSR count). The van der Waals surface area contributed by atoms with Gasteiger partial charge in [-0.15, -0.1) is 0 Å². The Balaban J connectivity index is 2.27. The fourth-order valence-corrected chi connectivity index (χ4v) is 7.76. The molecule has 2 unspecified atom stereocenters. The van der Waals surface area contributed by atoms with Gasteiger partial charge in [-0.1, -0.05) is 85.2 Å². The van der Waals surface area contributed by atoms with E-state index in [-0.39, 0.29) is 48.3 Å². The average molecular weight is 746 g/mol. The minimum Gasteiger partial charge on any atom is -0.480 e. The summed E-state index contributed by atoms with van der Waals surface area (Å²) >= 11 is 0. The summed E-state index contributed by atoms with van der Waals surface area (Å²) in [5.74, 6) is -3.21. The summed E-state index contributed by atoms with van der Waals surface area (Å²) in [5.41, 5.74) is 0.785. The molecule has 9 atom stereocenters. The number of hydrogen-bond acceptors (Lipinski definition) is 8. The fraction of sp³-hybridized carbons (Fsp3) is 0.725. The van der Waals surface area contributed by atoms with E-state index in [1.807, 2.05) is 90.9 Å². The van der Waals surface area contributed by atoms with Crippen molar-refractivity contribution in [2.75, 3.05) is 41.9 Å². The Kier molecular flexibility index (Phi) is 18.4. The molecule has 1 aromatic carbocycles. The van der Waals surface area contributed by atoms with Gasteiger partial charge in [0.05, 0.1) is 42.7 Å². The zero-order valence-electron chi connectivity index (χ0n) is 34.1. The number of hydrogen-bond donors (Lipinski definition) is 3. The van der Waals surface area contributed by atoms with Gasteiger partial charge in [-0.2, -0.15) is 0 Å². The first-order chi connectivity index (χ1) is 24.9. The second kappa shape index (κ2) is 21.4. The summed E-state index contributed by atoms with van der Waals surface area (Å²) in [6.07, 6.45) is 0.820. The van der Waals surface area contributed by atoms with E-state index in [4.69, 9.17) is 9.47 Å². The number of amides is 4. The second-order valence-corrected chi connectivity index (χ2v) is 15.6. The Hall–Kier alpha value is -3.55. The summed E-state index contributed by atoms with van der Waals surface area (Å²) in [6, 6.07) is 5.89. The van der Waals surface area contributed by atoms with Crippen LogP contribution in [0.5, 0.6) is 0 Å². The van der Waals surface area contributed by atoms with Crippen LogP contribution >= 0.6 is 0 Å². The Labute approximate surface area is 317 Å². The first-order valence-corrected chi connectivity index (χ1v) is 19.1. The highest BCUT2D eigenvalue weighted by Gasteiger charge is 2.43. The highest BCUT2D eigenvalue weighted by molar-refractivity contribution is 5.90. The number of nitrogens with zero attached hydrogens (tertiary/aromatic N) is 3. The Morgan fingerprint density at radius 2 is 1.53 bits per heavy atom. The van der Waals surface area contributed by atoms with Crippen LogP contribution < -0.4 is 10.6 Å². The Morgan fingerprint density at radius 1 is 0.906 bits per heavy atom. The van der Waals surface area contributed by atoms with E-state index in [0.29, 0.717) is 19.4 Å². The van der Waals surface area contributed by atoms with E-state index in [9.17, 15) is 29.1 Å². The molecular formula is C40H67N5O8. The second-order valence-electron chi connectivity index (χ2n) is 15.6. The molecule has 0 radical (unpaired) electrons. The minimum absolute atomic E-state index is 0.0104. The lowest BCUT2D eigenvalue weighted by Gasteiger charge is -2.41. The number of ether oxygens (including phenoxy) is 2. The molecule has 1 aliphatic rings. The molecule has 0 aromatic heterocycles. The number of likely N-dealkylation sites (tertiary alicyclic amines) is 1. The molecule has 3 N–H and O–H groups in total. The molecular weight excluding hydrogens is 678 g/mol. The molecule has 1 heterocycles. The summed E-state index contributed by atoms with van der Waals surface area (Å²) in [6.45, 7) is 13.9. The molecule has 13 heteroatoms. The summed E-state index contributed by atoms with van der Waals surface area (Å²) < 4.78 is 11.9. The zero-order valence-corrected chi connectivity index (χ0v) is 34.1. The third-order valence-corrected chi connectivity index (χ3v) is 10.8. The molecule has 53 heavy (non-hydrogen) atoms. The van der Waals surface area contributed by atoms with Crippen molar-refractivity contribution < 1.29 is 38.6 Å². The zero-order chi connectivity index (χ0) is 40.2. The largest absolute Gasteiger partial charge is 0.480 e. The van der Waals surface area contributed by atoms with E-state index in [2.05, 4.69) is 10.6 Å². The Bertz CT molecular complexity index is 1330. The number of likely N-dealkylation sites (N-methyl/N-ethyl adjacent to an activating group) is 2. The number of carboxylic acids is 1. The molecule has 1 saturated heterocycles. The van der Waals surface area contributed by atoms with Crippen molar-refractivity contribution in [3.05, 3.63) is 35.9 Å². The molecule has 4 amide bonds. The summed E-state index contributed by atoms with van der Waals surface area (Å²) in [4.78, 5) is 72.5. The first kappa shape index (κ1) is 45.6. The number of carboxylic acid groups (broad SMARTS) is 1. The molecule has 300 valence electrons. The van der Waals surface area contributed by atoms with E-state index in [0.717, 1.165) is 12.0 Å². The number of aliphatic carboxylic acids is 1. The molecule has 0 aliphatic carbocycles. The lowest BCUT2D eigenvalue weighted by atomic mass is 9.89. The maximum Gasteiger partial charge on any atom is 0.326 e. The van der Waals surface area contributed by atoms with Crippen molar-refractivity contribution in [3.63, 3.8) is 0 Å². The highest BCUT2D eigenvalue weighted by atomic mass is 16.5. The maximum absolute atomic E-state index is 14.2. The van der Waals surface area contributed by atoms with Gasteiger partial charge in [0.15, 0.2) is 0 Å². The van der Waals surface area contributed by atoms with Crippen molar-refractivity contribution in [2.24, 2.45) is 23.7 Å². The van der Waals surface area contributed by atoms with E-state index < -0.39 is 60.2 Å². The molecule has 0 spiro atoms. The number of carbonyl (C=O) groups excluding carboxylic acids is 4. The Morgan fingerprint density at radius 3 is 2.02 bits per heavy atom. The number of methoxy groups -OCH3 is 2. The fourth-order valence-electron chi connectivity index (χ4n) is 7.76. The molecule has 0 saturated carbocycles. The number of rotatable bonds is 21. The molecule has 0 bridgehead atoms. The van der Waals surface area contributed by atoms with Gasteiger partial charge in [-0.3, -0.25) is 24.1 Å². The van der Waals surface area contributed by atoms with Crippen LogP contribution in [0, 0.1) is 23.7 Å². The smallest absolute Gasteiger partial charge is 0.326 e. The molecule has 1 aromatic rings. The van der Waals surface area contributed by atoms with E-state index in [1.165, 1.54) is 14.2 Å². The monoisotopic (exact) mass is 745 g/mol. The van der Waals surface area contributed by atoms with Crippen molar-refractivity contribution in [3.8, 4) is 0 Å². The van der Waals surface area contributed by atoms with Crippen molar-refractivity contribution in [1.29, 1.82) is 0 Å². The number of benzene rings is 1. The predicted molar refractivity (Wildman–Crippen MR) is 205 cm³/mol. The molecule has 1 fully saturated rings. The SMILES string of the molecule is CC[C@H](C)C([C@@H](CC(=O)N1CCC[C@H]1[C@H](OC)[C@@H](C)C(=O)N[C@@H](Cc1ccccc1)C(=O)O)OC)N(C)C(=O)C(NC(=O)[C@H](C(C)C)N(C)C)C(C)C. The summed E-state index contributed by atoms with van der Waals surface area (Å²) in [5, 5.41) is 15.6. The van der Waals surface area contributed by atoms with Gasteiger partial charge in [0.25, 0.3) is 0 Å². The van der Waals surface area contributed by atoms with Crippen LogP contribution in [-0.4, -0.2) is 134 Å². The lowest BCUT2D eigenvalue weighted by molar-refractivity contribution is -0.148. The van der Waals surface area contributed by atoms with Gasteiger partial charge < -0.3 is 35.0 Å². The van der Waals surface area contributed by atoms with Gasteiger partial charge in [-0.25, -0.2) is 4.79 Å². The van der Waals surface area contributed by atoms with Crippen LogP contribution in [0.25, 0.3) is 0 Å². The van der Waals surface area contributed by atoms with Crippen LogP contribution in [0.4, 0.5) is 0 Å². The minimum atomic E-state index is -1.14. The van der Waals surface area contributed by atoms with Crippen molar-refractivity contribution >= 4 is 29.6 Å².